The Labute approximate surface area is 96.9 Å². The van der Waals surface area contributed by atoms with Crippen molar-refractivity contribution in [1.29, 1.82) is 0 Å². The lowest BCUT2D eigenvalue weighted by atomic mass is 10.2. The lowest BCUT2D eigenvalue weighted by Crippen LogP contribution is -2.25. The molecule has 0 aliphatic carbocycles. The van der Waals surface area contributed by atoms with Crippen molar-refractivity contribution in [2.45, 2.75) is 6.42 Å². The lowest BCUT2D eigenvalue weighted by molar-refractivity contribution is 0.173. The van der Waals surface area contributed by atoms with Gasteiger partial charge in [0, 0.05) is 16.2 Å². The summed E-state index contributed by atoms with van der Waals surface area (Å²) in [5, 5.41) is 10.0. The van der Waals surface area contributed by atoms with Crippen molar-refractivity contribution in [3.63, 3.8) is 0 Å². The Balaban J connectivity index is 2.30. The highest BCUT2D eigenvalue weighted by molar-refractivity contribution is 8.17. The summed E-state index contributed by atoms with van der Waals surface area (Å²) in [5.74, 6) is 1.06. The van der Waals surface area contributed by atoms with Gasteiger partial charge < -0.3 is 5.11 Å². The number of hydrogen-bond acceptors (Lipinski definition) is 3. The van der Waals surface area contributed by atoms with Gasteiger partial charge in [-0.05, 0) is 24.3 Å². The number of carbonyl (C=O) groups is 1. The molecule has 0 fully saturated rings. The number of carboxylic acid groups (broad SMARTS) is 1. The van der Waals surface area contributed by atoms with Crippen molar-refractivity contribution in [2.24, 2.45) is 0 Å². The van der Waals surface area contributed by atoms with E-state index in [4.69, 9.17) is 5.11 Å². The molecule has 0 atom stereocenters. The van der Waals surface area contributed by atoms with Crippen molar-refractivity contribution < 1.29 is 9.90 Å². The van der Waals surface area contributed by atoms with Crippen LogP contribution >= 0.6 is 23.5 Å². The topological polar surface area (TPSA) is 40.5 Å². The van der Waals surface area contributed by atoms with E-state index in [1.54, 1.807) is 24.0 Å². The minimum atomic E-state index is -0.920. The number of nitrogens with zero attached hydrogens (tertiary/aromatic N) is 1. The number of hydrogen-bond donors (Lipinski definition) is 1. The summed E-state index contributed by atoms with van der Waals surface area (Å²) >= 11 is 3.58. The summed E-state index contributed by atoms with van der Waals surface area (Å²) < 4.78 is 0. The Morgan fingerprint density at radius 3 is 3.20 bits per heavy atom. The summed E-state index contributed by atoms with van der Waals surface area (Å²) in [6.07, 6.45) is 7.35. The largest absolute Gasteiger partial charge is 0.464 e. The Morgan fingerprint density at radius 2 is 2.40 bits per heavy atom. The van der Waals surface area contributed by atoms with Gasteiger partial charge in [-0.3, -0.25) is 4.90 Å². The molecule has 1 amide bonds. The quantitative estimate of drug-likeness (QED) is 0.707. The van der Waals surface area contributed by atoms with Crippen LogP contribution in [0.5, 0.6) is 0 Å². The van der Waals surface area contributed by atoms with Crippen molar-refractivity contribution >= 4 is 29.6 Å². The molecule has 2 heterocycles. The van der Waals surface area contributed by atoms with Gasteiger partial charge in [0.2, 0.25) is 0 Å². The maximum atomic E-state index is 11.0. The second-order valence-corrected chi connectivity index (χ2v) is 5.56. The van der Waals surface area contributed by atoms with Crippen molar-refractivity contribution in [3.8, 4) is 0 Å². The summed E-state index contributed by atoms with van der Waals surface area (Å²) in [6, 6.07) is 0. The van der Waals surface area contributed by atoms with Crippen LogP contribution in [0.4, 0.5) is 4.79 Å². The molecule has 2 aliphatic rings. The molecule has 2 aliphatic heterocycles. The smallest absolute Gasteiger partial charge is 0.416 e. The minimum absolute atomic E-state index is 0.815. The third kappa shape index (κ3) is 2.41. The molecule has 80 valence electrons. The fourth-order valence-corrected chi connectivity index (χ4v) is 3.53. The maximum Gasteiger partial charge on any atom is 0.416 e. The second kappa shape index (κ2) is 4.81. The van der Waals surface area contributed by atoms with Crippen LogP contribution in [-0.2, 0) is 0 Å². The standard InChI is InChI=1S/C10H11NO2S2/c12-10(13)11-5-1-4-9-8(11)3-2-6-14-7-15-9/h1,3-5H,2,6-7H2,(H,12,13). The van der Waals surface area contributed by atoms with Crippen molar-refractivity contribution in [3.05, 3.63) is 35.0 Å². The molecular formula is C10H11NO2S2. The van der Waals surface area contributed by atoms with E-state index in [-0.39, 0.29) is 0 Å². The first-order valence-corrected chi connectivity index (χ1v) is 6.75. The first-order chi connectivity index (χ1) is 7.29. The van der Waals surface area contributed by atoms with Crippen LogP contribution in [0.25, 0.3) is 0 Å². The van der Waals surface area contributed by atoms with E-state index in [1.807, 2.05) is 23.9 Å². The molecule has 0 spiro atoms. The zero-order chi connectivity index (χ0) is 10.7. The van der Waals surface area contributed by atoms with Gasteiger partial charge in [0.25, 0.3) is 0 Å². The van der Waals surface area contributed by atoms with Gasteiger partial charge in [-0.2, -0.15) is 11.8 Å². The molecule has 0 bridgehead atoms. The van der Waals surface area contributed by atoms with Crippen LogP contribution in [0.3, 0.4) is 0 Å². The molecule has 0 aromatic rings. The van der Waals surface area contributed by atoms with E-state index in [0.717, 1.165) is 27.9 Å². The highest BCUT2D eigenvalue weighted by atomic mass is 32.2. The average Bonchev–Trinajstić information content (AvgIpc) is 2.17. The second-order valence-electron chi connectivity index (χ2n) is 3.07. The molecule has 15 heavy (non-hydrogen) atoms. The zero-order valence-electron chi connectivity index (χ0n) is 8.05. The van der Waals surface area contributed by atoms with E-state index in [0.29, 0.717) is 0 Å². The maximum absolute atomic E-state index is 11.0. The van der Waals surface area contributed by atoms with E-state index in [1.165, 1.54) is 4.90 Å². The summed E-state index contributed by atoms with van der Waals surface area (Å²) in [4.78, 5) is 13.3. The average molecular weight is 241 g/mol. The van der Waals surface area contributed by atoms with E-state index in [2.05, 4.69) is 0 Å². The van der Waals surface area contributed by atoms with Crippen molar-refractivity contribution in [1.82, 2.24) is 4.90 Å². The highest BCUT2D eigenvalue weighted by Crippen LogP contribution is 2.34. The summed E-state index contributed by atoms with van der Waals surface area (Å²) in [7, 11) is 0. The molecule has 3 nitrogen and oxygen atoms in total. The third-order valence-electron chi connectivity index (χ3n) is 2.10. The molecule has 0 saturated carbocycles. The van der Waals surface area contributed by atoms with Gasteiger partial charge in [-0.15, -0.1) is 11.8 Å². The van der Waals surface area contributed by atoms with Gasteiger partial charge in [0.1, 0.15) is 0 Å². The molecule has 0 saturated heterocycles. The molecule has 0 aromatic carbocycles. The number of rotatable bonds is 0. The van der Waals surface area contributed by atoms with Crippen LogP contribution in [0.15, 0.2) is 35.0 Å². The monoisotopic (exact) mass is 241 g/mol. The van der Waals surface area contributed by atoms with Gasteiger partial charge in [-0.25, -0.2) is 4.79 Å². The Morgan fingerprint density at radius 1 is 1.53 bits per heavy atom. The lowest BCUT2D eigenvalue weighted by Gasteiger charge is -2.24. The van der Waals surface area contributed by atoms with Gasteiger partial charge in [0.05, 0.1) is 5.70 Å². The molecule has 5 heteroatoms. The first kappa shape index (κ1) is 10.7. The van der Waals surface area contributed by atoms with Gasteiger partial charge >= 0.3 is 6.09 Å². The summed E-state index contributed by atoms with van der Waals surface area (Å²) in [6.45, 7) is 0. The van der Waals surface area contributed by atoms with E-state index >= 15 is 0 Å². The predicted octanol–water partition coefficient (Wildman–Crippen LogP) is 3.09. The van der Waals surface area contributed by atoms with Gasteiger partial charge in [0.15, 0.2) is 0 Å². The molecule has 0 radical (unpaired) electrons. The van der Waals surface area contributed by atoms with Crippen molar-refractivity contribution in [2.75, 3.05) is 10.8 Å². The highest BCUT2D eigenvalue weighted by Gasteiger charge is 2.21. The van der Waals surface area contributed by atoms with Crippen LogP contribution in [0, 0.1) is 0 Å². The number of thioether (sulfide) groups is 2. The van der Waals surface area contributed by atoms with Crippen LogP contribution in [-0.4, -0.2) is 26.9 Å². The Kier molecular flexibility index (Phi) is 3.43. The third-order valence-corrected chi connectivity index (χ3v) is 4.42. The van der Waals surface area contributed by atoms with Crippen LogP contribution in [0.1, 0.15) is 6.42 Å². The molecular weight excluding hydrogens is 230 g/mol. The van der Waals surface area contributed by atoms with E-state index < -0.39 is 6.09 Å². The Bertz CT molecular complexity index is 360. The minimum Gasteiger partial charge on any atom is -0.464 e. The van der Waals surface area contributed by atoms with Gasteiger partial charge in [-0.1, -0.05) is 6.08 Å². The normalized spacial score (nSPS) is 20.9. The number of amides is 1. The molecule has 0 unspecified atom stereocenters. The number of fused-ring (bicyclic) bond motifs is 1. The van der Waals surface area contributed by atoms with E-state index in [9.17, 15) is 4.79 Å². The number of allylic oxidation sites excluding steroid dienone is 3. The fourth-order valence-electron chi connectivity index (χ4n) is 1.43. The molecule has 2 rings (SSSR count). The SMILES string of the molecule is O=C(O)N1C=CC=C2SCSCCC=C21. The fraction of sp³-hybridized carbons (Fsp3) is 0.300. The van der Waals surface area contributed by atoms with Crippen LogP contribution in [0.2, 0.25) is 0 Å². The molecule has 1 N–H and O–H groups in total. The predicted molar refractivity (Wildman–Crippen MR) is 64.7 cm³/mol. The Hall–Kier alpha value is -0.810. The van der Waals surface area contributed by atoms with Crippen LogP contribution < -0.4 is 0 Å². The summed E-state index contributed by atoms with van der Waals surface area (Å²) in [5.41, 5.74) is 0.815. The first-order valence-electron chi connectivity index (χ1n) is 4.61. The molecule has 0 aromatic heterocycles. The zero-order valence-corrected chi connectivity index (χ0v) is 9.68.